The molecule has 0 saturated carbocycles. The molecule has 1 atom stereocenters. The lowest BCUT2D eigenvalue weighted by Crippen LogP contribution is -2.51. The summed E-state index contributed by atoms with van der Waals surface area (Å²) in [5, 5.41) is 3.49. The Kier molecular flexibility index (Phi) is 4.81. The van der Waals surface area contributed by atoms with Crippen molar-refractivity contribution in [3.8, 4) is 0 Å². The van der Waals surface area contributed by atoms with Crippen LogP contribution in [0.2, 0.25) is 0 Å². The third-order valence-corrected chi connectivity index (χ3v) is 3.65. The Morgan fingerprint density at radius 1 is 1.38 bits per heavy atom. The quantitative estimate of drug-likeness (QED) is 0.925. The average Bonchev–Trinajstić information content (AvgIpc) is 2.69. The summed E-state index contributed by atoms with van der Waals surface area (Å²) in [5.74, 6) is 1.04. The Morgan fingerprint density at radius 2 is 2.10 bits per heavy atom. The highest BCUT2D eigenvalue weighted by Crippen LogP contribution is 2.23. The molecule has 120 valence electrons. The number of nitrogens with one attached hydrogen (secondary N) is 1. The minimum Gasteiger partial charge on any atom is -0.468 e. The van der Waals surface area contributed by atoms with Crippen molar-refractivity contribution < 1.29 is 9.15 Å². The van der Waals surface area contributed by atoms with Crippen LogP contribution in [0.4, 0.5) is 0 Å². The maximum atomic E-state index is 5.97. The van der Waals surface area contributed by atoms with Crippen molar-refractivity contribution in [1.29, 1.82) is 0 Å². The summed E-state index contributed by atoms with van der Waals surface area (Å²) >= 11 is 0. The maximum absolute atomic E-state index is 5.97. The Hall–Kier alpha value is -0.840. The fourth-order valence-corrected chi connectivity index (χ4v) is 2.96. The molecule has 1 fully saturated rings. The van der Waals surface area contributed by atoms with Crippen LogP contribution in [0.1, 0.15) is 52.9 Å². The van der Waals surface area contributed by atoms with Crippen LogP contribution in [0.5, 0.6) is 0 Å². The lowest BCUT2D eigenvalue weighted by Gasteiger charge is -2.41. The van der Waals surface area contributed by atoms with Crippen molar-refractivity contribution in [3.05, 3.63) is 23.7 Å². The normalized spacial score (nSPS) is 23.4. The van der Waals surface area contributed by atoms with Crippen molar-refractivity contribution >= 4 is 0 Å². The minimum atomic E-state index is -0.0781. The molecule has 0 radical (unpaired) electrons. The molecule has 0 spiro atoms. The number of ether oxygens (including phenoxy) is 1. The second-order valence-corrected chi connectivity index (χ2v) is 7.83. The van der Waals surface area contributed by atoms with Gasteiger partial charge < -0.3 is 14.5 Å². The molecule has 1 aliphatic heterocycles. The molecule has 1 saturated heterocycles. The number of furan rings is 1. The first kappa shape index (κ1) is 16.5. The largest absolute Gasteiger partial charge is 0.468 e. The summed E-state index contributed by atoms with van der Waals surface area (Å²) in [6, 6.07) is 2.09. The molecule has 2 rings (SSSR count). The van der Waals surface area contributed by atoms with E-state index in [1.54, 1.807) is 6.26 Å². The molecule has 2 heterocycles. The van der Waals surface area contributed by atoms with E-state index >= 15 is 0 Å². The first-order chi connectivity index (χ1) is 9.65. The number of nitrogens with zero attached hydrogens (tertiary/aromatic N) is 1. The number of hydrogen-bond donors (Lipinski definition) is 1. The number of hydrogen-bond acceptors (Lipinski definition) is 4. The molecule has 1 unspecified atom stereocenters. The van der Waals surface area contributed by atoms with Crippen LogP contribution >= 0.6 is 0 Å². The van der Waals surface area contributed by atoms with Gasteiger partial charge in [0.25, 0.3) is 0 Å². The van der Waals surface area contributed by atoms with E-state index in [1.807, 2.05) is 0 Å². The van der Waals surface area contributed by atoms with E-state index in [4.69, 9.17) is 9.15 Å². The van der Waals surface area contributed by atoms with Gasteiger partial charge in [0.1, 0.15) is 5.76 Å². The zero-order valence-electron chi connectivity index (χ0n) is 14.3. The second-order valence-electron chi connectivity index (χ2n) is 7.83. The Morgan fingerprint density at radius 3 is 2.71 bits per heavy atom. The third-order valence-electron chi connectivity index (χ3n) is 3.65. The van der Waals surface area contributed by atoms with E-state index in [1.165, 1.54) is 5.56 Å². The van der Waals surface area contributed by atoms with Gasteiger partial charge in [0, 0.05) is 30.7 Å². The van der Waals surface area contributed by atoms with E-state index in [2.05, 4.69) is 57.8 Å². The minimum absolute atomic E-state index is 0.0781. The lowest BCUT2D eigenvalue weighted by molar-refractivity contribution is -0.130. The first-order valence-corrected chi connectivity index (χ1v) is 7.85. The van der Waals surface area contributed by atoms with Crippen molar-refractivity contribution in [3.63, 3.8) is 0 Å². The molecular weight excluding hydrogens is 264 g/mol. The van der Waals surface area contributed by atoms with Crippen LogP contribution in [0.3, 0.4) is 0 Å². The van der Waals surface area contributed by atoms with E-state index < -0.39 is 0 Å². The fraction of sp³-hybridized carbons (Fsp3) is 0.765. The molecule has 4 heteroatoms. The van der Waals surface area contributed by atoms with Gasteiger partial charge in [-0.05, 0) is 47.6 Å². The number of morpholine rings is 1. The topological polar surface area (TPSA) is 37.6 Å². The van der Waals surface area contributed by atoms with Gasteiger partial charge in [-0.2, -0.15) is 0 Å². The van der Waals surface area contributed by atoms with Crippen LogP contribution in [0.15, 0.2) is 16.7 Å². The molecule has 4 nitrogen and oxygen atoms in total. The lowest BCUT2D eigenvalue weighted by atomic mass is 10.0. The molecular formula is C17H30N2O2. The first-order valence-electron chi connectivity index (χ1n) is 7.85. The molecule has 21 heavy (non-hydrogen) atoms. The van der Waals surface area contributed by atoms with Gasteiger partial charge in [-0.15, -0.1) is 0 Å². The van der Waals surface area contributed by atoms with Crippen LogP contribution in [-0.4, -0.2) is 35.2 Å². The van der Waals surface area contributed by atoms with Gasteiger partial charge >= 0.3 is 0 Å². The second kappa shape index (κ2) is 6.11. The highest BCUT2D eigenvalue weighted by Gasteiger charge is 2.31. The molecule has 1 N–H and O–H groups in total. The third kappa shape index (κ3) is 5.13. The summed E-state index contributed by atoms with van der Waals surface area (Å²) in [7, 11) is 0. The van der Waals surface area contributed by atoms with E-state index in [-0.39, 0.29) is 17.2 Å². The smallest absolute Gasteiger partial charge is 0.122 e. The van der Waals surface area contributed by atoms with Gasteiger partial charge in [-0.3, -0.25) is 4.90 Å². The zero-order valence-corrected chi connectivity index (χ0v) is 14.3. The van der Waals surface area contributed by atoms with Gasteiger partial charge in [-0.1, -0.05) is 0 Å². The zero-order chi connectivity index (χ0) is 15.7. The van der Waals surface area contributed by atoms with Crippen LogP contribution in [-0.2, 0) is 17.8 Å². The van der Waals surface area contributed by atoms with E-state index in [0.717, 1.165) is 31.9 Å². The molecule has 0 bridgehead atoms. The number of rotatable bonds is 4. The Balaban J connectivity index is 1.98. The van der Waals surface area contributed by atoms with E-state index in [9.17, 15) is 0 Å². The molecule has 0 aromatic carbocycles. The van der Waals surface area contributed by atoms with Crippen LogP contribution < -0.4 is 5.32 Å². The summed E-state index contributed by atoms with van der Waals surface area (Å²) < 4.78 is 11.6. The average molecular weight is 294 g/mol. The van der Waals surface area contributed by atoms with Crippen LogP contribution in [0.25, 0.3) is 0 Å². The SMILES string of the molecule is CC1CN(Cc2ccoc2CNC(C)(C)C)CC(C)(C)O1. The van der Waals surface area contributed by atoms with Gasteiger partial charge in [0.15, 0.2) is 0 Å². The summed E-state index contributed by atoms with van der Waals surface area (Å²) in [5.41, 5.74) is 1.29. The fourth-order valence-electron chi connectivity index (χ4n) is 2.96. The molecule has 1 aromatic rings. The predicted molar refractivity (Wildman–Crippen MR) is 85.2 cm³/mol. The summed E-state index contributed by atoms with van der Waals surface area (Å²) in [6.45, 7) is 16.6. The van der Waals surface area contributed by atoms with Gasteiger partial charge in [0.05, 0.1) is 24.5 Å². The van der Waals surface area contributed by atoms with Crippen molar-refractivity contribution in [2.45, 2.75) is 71.9 Å². The Labute approximate surface area is 128 Å². The standard InChI is InChI=1S/C17H30N2O2/c1-13-10-19(12-17(5,6)21-13)11-14-7-8-20-15(14)9-18-16(2,3)4/h7-8,13,18H,9-12H2,1-6H3. The predicted octanol–water partition coefficient (Wildman–Crippen LogP) is 3.17. The maximum Gasteiger partial charge on any atom is 0.122 e. The van der Waals surface area contributed by atoms with Crippen molar-refractivity contribution in [1.82, 2.24) is 10.2 Å². The highest BCUT2D eigenvalue weighted by atomic mass is 16.5. The highest BCUT2D eigenvalue weighted by molar-refractivity contribution is 5.17. The monoisotopic (exact) mass is 294 g/mol. The summed E-state index contributed by atoms with van der Waals surface area (Å²) in [4.78, 5) is 2.46. The molecule has 1 aliphatic rings. The van der Waals surface area contributed by atoms with Crippen LogP contribution in [0, 0.1) is 0 Å². The molecule has 0 aliphatic carbocycles. The van der Waals surface area contributed by atoms with Gasteiger partial charge in [-0.25, -0.2) is 0 Å². The Bertz CT molecular complexity index is 460. The van der Waals surface area contributed by atoms with Crippen molar-refractivity contribution in [2.75, 3.05) is 13.1 Å². The van der Waals surface area contributed by atoms with Crippen molar-refractivity contribution in [2.24, 2.45) is 0 Å². The summed E-state index contributed by atoms with van der Waals surface area (Å²) in [6.07, 6.45) is 2.07. The molecule has 1 aromatic heterocycles. The van der Waals surface area contributed by atoms with Gasteiger partial charge in [0.2, 0.25) is 0 Å². The van der Waals surface area contributed by atoms with E-state index in [0.29, 0.717) is 0 Å². The molecule has 0 amide bonds.